The van der Waals surface area contributed by atoms with Crippen LogP contribution in [-0.4, -0.2) is 20.1 Å². The van der Waals surface area contributed by atoms with E-state index in [2.05, 4.69) is 15.2 Å². The zero-order chi connectivity index (χ0) is 12.3. The topological polar surface area (TPSA) is 121 Å². The summed E-state index contributed by atoms with van der Waals surface area (Å²) in [7, 11) is 0. The monoisotopic (exact) mass is 269 g/mol. The second-order valence-corrected chi connectivity index (χ2v) is 3.01. The molecule has 0 fully saturated rings. The quantitative estimate of drug-likeness (QED) is 0.662. The molecular weight excluding hydrogens is 262 g/mol. The van der Waals surface area contributed by atoms with Crippen molar-refractivity contribution in [3.05, 3.63) is 39.9 Å². The average Bonchev–Trinajstić information content (AvgIpc) is 2.77. The van der Waals surface area contributed by atoms with Crippen LogP contribution in [0.3, 0.4) is 0 Å². The van der Waals surface area contributed by atoms with Crippen LogP contribution in [0.15, 0.2) is 22.7 Å². The lowest BCUT2D eigenvalue weighted by Crippen LogP contribution is -1.97. The molecular formula is C9H8ClN5O3. The van der Waals surface area contributed by atoms with Crippen molar-refractivity contribution in [2.45, 2.75) is 0 Å². The molecule has 0 saturated carbocycles. The number of nitrogens with zero attached hydrogens (tertiary/aromatic N) is 4. The minimum Gasteiger partial charge on any atom is -0.401 e. The Morgan fingerprint density at radius 1 is 1.33 bits per heavy atom. The number of hydrogen-bond acceptors (Lipinski definition) is 7. The van der Waals surface area contributed by atoms with Gasteiger partial charge in [0, 0.05) is 0 Å². The molecule has 2 heterocycles. The largest absolute Gasteiger partial charge is 0.433 e. The predicted molar refractivity (Wildman–Crippen MR) is 65.8 cm³/mol. The maximum absolute atomic E-state index is 10.4. The van der Waals surface area contributed by atoms with Gasteiger partial charge in [-0.05, 0) is 18.2 Å². The van der Waals surface area contributed by atoms with E-state index in [1.807, 2.05) is 0 Å². The number of aromatic nitrogens is 3. The highest BCUT2D eigenvalue weighted by molar-refractivity contribution is 5.85. The van der Waals surface area contributed by atoms with E-state index < -0.39 is 4.92 Å². The Morgan fingerprint density at radius 2 is 2.11 bits per heavy atom. The Balaban J connectivity index is 0.00000162. The minimum absolute atomic E-state index is 0. The first-order valence-electron chi connectivity index (χ1n) is 4.52. The van der Waals surface area contributed by atoms with Crippen LogP contribution < -0.4 is 5.73 Å². The second-order valence-electron chi connectivity index (χ2n) is 3.01. The number of nitrogen functional groups attached to an aromatic ring is 1. The molecule has 0 saturated heterocycles. The predicted octanol–water partition coefficient (Wildman–Crippen LogP) is 1.55. The molecule has 2 N–H and O–H groups in total. The molecule has 0 radical (unpaired) electrons. The number of anilines is 1. The fourth-order valence-electron chi connectivity index (χ4n) is 1.07. The zero-order valence-corrected chi connectivity index (χ0v) is 9.70. The summed E-state index contributed by atoms with van der Waals surface area (Å²) in [5.41, 5.74) is 5.74. The maximum Gasteiger partial charge on any atom is 0.433 e. The highest BCUT2D eigenvalue weighted by atomic mass is 35.5. The van der Waals surface area contributed by atoms with Gasteiger partial charge in [0.2, 0.25) is 5.95 Å². The smallest absolute Gasteiger partial charge is 0.401 e. The van der Waals surface area contributed by atoms with Crippen LogP contribution in [0.5, 0.6) is 0 Å². The van der Waals surface area contributed by atoms with Crippen molar-refractivity contribution in [1.29, 1.82) is 0 Å². The molecule has 0 aromatic carbocycles. The van der Waals surface area contributed by atoms with E-state index in [1.165, 1.54) is 24.4 Å². The fourth-order valence-corrected chi connectivity index (χ4v) is 1.07. The highest BCUT2D eigenvalue weighted by Gasteiger charge is 2.09. The van der Waals surface area contributed by atoms with Crippen molar-refractivity contribution in [2.75, 3.05) is 5.73 Å². The third kappa shape index (κ3) is 3.25. The lowest BCUT2D eigenvalue weighted by atomic mass is 10.3. The Kier molecular flexibility index (Phi) is 4.33. The van der Waals surface area contributed by atoms with Gasteiger partial charge in [0.1, 0.15) is 16.4 Å². The molecule has 0 unspecified atom stereocenters. The first-order chi connectivity index (χ1) is 8.15. The molecule has 0 bridgehead atoms. The lowest BCUT2D eigenvalue weighted by molar-refractivity contribution is -0.402. The van der Waals surface area contributed by atoms with Crippen molar-refractivity contribution >= 4 is 36.4 Å². The Hall–Kier alpha value is -2.48. The zero-order valence-electron chi connectivity index (χ0n) is 8.89. The number of hydrogen-bond donors (Lipinski definition) is 1. The Labute approximate surface area is 107 Å². The molecule has 0 aliphatic rings. The number of furan rings is 1. The Bertz CT molecular complexity index is 566. The van der Waals surface area contributed by atoms with E-state index in [0.717, 1.165) is 0 Å². The van der Waals surface area contributed by atoms with E-state index in [9.17, 15) is 10.1 Å². The molecule has 0 aliphatic carbocycles. The van der Waals surface area contributed by atoms with E-state index in [4.69, 9.17) is 10.2 Å². The summed E-state index contributed by atoms with van der Waals surface area (Å²) < 4.78 is 4.91. The lowest BCUT2D eigenvalue weighted by Gasteiger charge is -1.90. The van der Waals surface area contributed by atoms with Crippen molar-refractivity contribution in [3.8, 4) is 0 Å². The Morgan fingerprint density at radius 3 is 2.67 bits per heavy atom. The molecule has 0 spiro atoms. The van der Waals surface area contributed by atoms with Gasteiger partial charge in [-0.3, -0.25) is 10.1 Å². The first kappa shape index (κ1) is 13.6. The number of halogens is 1. The summed E-state index contributed by atoms with van der Waals surface area (Å²) in [6, 6.07) is 2.75. The van der Waals surface area contributed by atoms with Gasteiger partial charge >= 0.3 is 5.88 Å². The van der Waals surface area contributed by atoms with Gasteiger partial charge in [0.15, 0.2) is 0 Å². The molecule has 2 rings (SSSR count). The van der Waals surface area contributed by atoms with Gasteiger partial charge < -0.3 is 10.2 Å². The van der Waals surface area contributed by atoms with Gasteiger partial charge in [0.25, 0.3) is 0 Å². The van der Waals surface area contributed by atoms with Crippen LogP contribution in [0.1, 0.15) is 11.5 Å². The molecule has 0 aliphatic heterocycles. The summed E-state index contributed by atoms with van der Waals surface area (Å²) in [6.07, 6.45) is 4.51. The van der Waals surface area contributed by atoms with Crippen LogP contribution in [-0.2, 0) is 0 Å². The normalized spacial score (nSPS) is 10.2. The molecule has 0 amide bonds. The van der Waals surface area contributed by atoms with Crippen LogP contribution in [0.25, 0.3) is 12.2 Å². The molecule has 18 heavy (non-hydrogen) atoms. The number of rotatable bonds is 3. The summed E-state index contributed by atoms with van der Waals surface area (Å²) in [5.74, 6) is 0.109. The third-order valence-corrected chi connectivity index (χ3v) is 1.81. The van der Waals surface area contributed by atoms with Crippen molar-refractivity contribution in [3.63, 3.8) is 0 Å². The van der Waals surface area contributed by atoms with Crippen molar-refractivity contribution in [2.24, 2.45) is 0 Å². The molecule has 9 heteroatoms. The van der Waals surface area contributed by atoms with Gasteiger partial charge in [0.05, 0.1) is 12.3 Å². The van der Waals surface area contributed by atoms with Crippen molar-refractivity contribution < 1.29 is 9.34 Å². The summed E-state index contributed by atoms with van der Waals surface area (Å²) in [4.78, 5) is 13.5. The fraction of sp³-hybridized carbons (Fsp3) is 0. The van der Waals surface area contributed by atoms with Crippen LogP contribution >= 0.6 is 12.4 Å². The van der Waals surface area contributed by atoms with Gasteiger partial charge in [-0.15, -0.1) is 22.6 Å². The summed E-state index contributed by atoms with van der Waals surface area (Å²) >= 11 is 0. The minimum atomic E-state index is -0.609. The second kappa shape index (κ2) is 5.73. The van der Waals surface area contributed by atoms with Crippen LogP contribution in [0.4, 0.5) is 11.8 Å². The highest BCUT2D eigenvalue weighted by Crippen LogP contribution is 2.17. The molecule has 2 aromatic rings. The van der Waals surface area contributed by atoms with Crippen LogP contribution in [0.2, 0.25) is 0 Å². The van der Waals surface area contributed by atoms with E-state index in [-0.39, 0.29) is 24.2 Å². The van der Waals surface area contributed by atoms with Gasteiger partial charge in [-0.25, -0.2) is 4.98 Å². The van der Waals surface area contributed by atoms with E-state index in [0.29, 0.717) is 11.5 Å². The van der Waals surface area contributed by atoms with Crippen molar-refractivity contribution in [1.82, 2.24) is 15.2 Å². The first-order valence-corrected chi connectivity index (χ1v) is 4.52. The molecule has 94 valence electrons. The maximum atomic E-state index is 10.4. The number of nitrogens with two attached hydrogens (primary N) is 1. The summed E-state index contributed by atoms with van der Waals surface area (Å²) in [5, 5.41) is 17.7. The summed E-state index contributed by atoms with van der Waals surface area (Å²) in [6.45, 7) is 0. The van der Waals surface area contributed by atoms with Gasteiger partial charge in [-0.1, -0.05) is 0 Å². The van der Waals surface area contributed by atoms with Crippen LogP contribution in [0, 0.1) is 10.1 Å². The molecule has 2 aromatic heterocycles. The third-order valence-electron chi connectivity index (χ3n) is 1.81. The van der Waals surface area contributed by atoms with E-state index >= 15 is 0 Å². The SMILES string of the molecule is Cl.Nc1ncc(/C=C/c2ccc([N+](=O)[O-])o2)nn1. The molecule has 8 nitrogen and oxygen atoms in total. The van der Waals surface area contributed by atoms with E-state index in [1.54, 1.807) is 6.08 Å². The molecule has 0 atom stereocenters. The number of nitro groups is 1. The average molecular weight is 270 g/mol. The van der Waals surface area contributed by atoms with Gasteiger partial charge in [-0.2, -0.15) is 0 Å². The standard InChI is InChI=1S/C9H7N5O3.ClH/c10-9-11-5-6(12-13-9)1-2-7-3-4-8(17-7)14(15)16;/h1-5H,(H2,10,11,13);1H/b2-1+;.